The van der Waals surface area contributed by atoms with E-state index in [9.17, 15) is 13.2 Å². The zero-order valence-corrected chi connectivity index (χ0v) is 12.5. The first-order valence-electron chi connectivity index (χ1n) is 7.09. The lowest BCUT2D eigenvalue weighted by Gasteiger charge is -2.21. The van der Waals surface area contributed by atoms with Crippen LogP contribution in [0.2, 0.25) is 0 Å². The number of hydrogen-bond acceptors (Lipinski definition) is 5. The molecule has 20 heavy (non-hydrogen) atoms. The quantitative estimate of drug-likeness (QED) is 0.696. The summed E-state index contributed by atoms with van der Waals surface area (Å²) in [6.07, 6.45) is 2.47. The Hall–Kier alpha value is -0.660. The van der Waals surface area contributed by atoms with Gasteiger partial charge in [0.2, 0.25) is 10.0 Å². The van der Waals surface area contributed by atoms with Crippen molar-refractivity contribution in [2.75, 3.05) is 39.2 Å². The number of methoxy groups -OCH3 is 1. The topological polar surface area (TPSA) is 72.9 Å². The summed E-state index contributed by atoms with van der Waals surface area (Å²) >= 11 is 0. The van der Waals surface area contributed by atoms with Crippen molar-refractivity contribution < 1.29 is 22.7 Å². The predicted molar refractivity (Wildman–Crippen MR) is 71.5 cm³/mol. The number of ether oxygens (including phenoxy) is 2. The molecule has 0 aromatic rings. The van der Waals surface area contributed by atoms with Crippen LogP contribution in [0, 0.1) is 17.3 Å². The van der Waals surface area contributed by atoms with Crippen molar-refractivity contribution in [3.8, 4) is 0 Å². The normalized spacial score (nSPS) is 37.5. The Morgan fingerprint density at radius 3 is 2.90 bits per heavy atom. The average molecular weight is 303 g/mol. The smallest absolute Gasteiger partial charge is 0.308 e. The fourth-order valence-electron chi connectivity index (χ4n) is 3.35. The van der Waals surface area contributed by atoms with Gasteiger partial charge in [0, 0.05) is 25.1 Å². The second-order valence-corrected chi connectivity index (χ2v) is 8.30. The highest BCUT2D eigenvalue weighted by Gasteiger charge is 2.50. The molecule has 0 N–H and O–H groups in total. The van der Waals surface area contributed by atoms with Crippen LogP contribution < -0.4 is 0 Å². The van der Waals surface area contributed by atoms with Crippen molar-refractivity contribution >= 4 is 16.0 Å². The van der Waals surface area contributed by atoms with Gasteiger partial charge < -0.3 is 9.47 Å². The van der Waals surface area contributed by atoms with E-state index < -0.39 is 10.0 Å². The van der Waals surface area contributed by atoms with Gasteiger partial charge in [0.25, 0.3) is 0 Å². The van der Waals surface area contributed by atoms with Gasteiger partial charge in [0.05, 0.1) is 25.4 Å². The van der Waals surface area contributed by atoms with E-state index in [2.05, 4.69) is 4.74 Å². The molecule has 3 fully saturated rings. The molecular formula is C13H21NO5S. The van der Waals surface area contributed by atoms with Gasteiger partial charge >= 0.3 is 5.97 Å². The Morgan fingerprint density at radius 1 is 1.45 bits per heavy atom. The zero-order valence-electron chi connectivity index (χ0n) is 11.7. The number of hydrogen-bond donors (Lipinski definition) is 0. The summed E-state index contributed by atoms with van der Waals surface area (Å²) < 4.78 is 36.5. The first-order chi connectivity index (χ1) is 9.46. The second kappa shape index (κ2) is 4.96. The Kier molecular flexibility index (Phi) is 3.54. The molecule has 6 nitrogen and oxygen atoms in total. The third kappa shape index (κ3) is 2.58. The van der Waals surface area contributed by atoms with Gasteiger partial charge in [-0.25, -0.2) is 12.7 Å². The number of carbonyl (C=O) groups excluding carboxylic acids is 1. The van der Waals surface area contributed by atoms with E-state index in [1.54, 1.807) is 4.31 Å². The fraction of sp³-hybridized carbons (Fsp3) is 0.923. The number of sulfonamides is 1. The van der Waals surface area contributed by atoms with Gasteiger partial charge in [-0.1, -0.05) is 0 Å². The van der Waals surface area contributed by atoms with Gasteiger partial charge in [-0.15, -0.1) is 0 Å². The summed E-state index contributed by atoms with van der Waals surface area (Å²) in [5.74, 6) is -0.499. The minimum Gasteiger partial charge on any atom is -0.469 e. The van der Waals surface area contributed by atoms with Crippen LogP contribution in [0.5, 0.6) is 0 Å². The molecular weight excluding hydrogens is 282 g/mol. The number of rotatable bonds is 4. The Balaban J connectivity index is 1.58. The summed E-state index contributed by atoms with van der Waals surface area (Å²) in [4.78, 5) is 11.3. The highest BCUT2D eigenvalue weighted by atomic mass is 32.2. The largest absolute Gasteiger partial charge is 0.469 e. The molecule has 0 amide bonds. The van der Waals surface area contributed by atoms with Crippen LogP contribution in [0.3, 0.4) is 0 Å². The highest BCUT2D eigenvalue weighted by molar-refractivity contribution is 7.89. The fourth-order valence-corrected chi connectivity index (χ4v) is 5.31. The molecule has 2 aliphatic heterocycles. The summed E-state index contributed by atoms with van der Waals surface area (Å²) in [7, 11) is -1.92. The molecule has 1 aliphatic carbocycles. The van der Waals surface area contributed by atoms with Crippen molar-refractivity contribution in [3.05, 3.63) is 0 Å². The van der Waals surface area contributed by atoms with Crippen molar-refractivity contribution in [3.63, 3.8) is 0 Å². The Labute approximate surface area is 119 Å². The zero-order chi connectivity index (χ0) is 14.4. The van der Waals surface area contributed by atoms with Crippen LogP contribution in [-0.2, 0) is 24.3 Å². The third-order valence-corrected chi connectivity index (χ3v) is 6.78. The standard InChI is InChI=1S/C13H21NO5S/c1-18-12(15)11-6-10(11)7-20(16,17)14-4-2-13(8-14)3-5-19-9-13/h10-11H,2-9H2,1H3/t10-,11-,13?/m1/s1. The molecule has 1 saturated carbocycles. The van der Waals surface area contributed by atoms with Gasteiger partial charge in [-0.05, 0) is 25.2 Å². The first-order valence-corrected chi connectivity index (χ1v) is 8.70. The first kappa shape index (κ1) is 14.3. The minimum absolute atomic E-state index is 0.0401. The second-order valence-electron chi connectivity index (χ2n) is 6.29. The van der Waals surface area contributed by atoms with E-state index in [4.69, 9.17) is 4.74 Å². The molecule has 0 bridgehead atoms. The van der Waals surface area contributed by atoms with Gasteiger partial charge in [0.15, 0.2) is 0 Å². The molecule has 3 rings (SSSR count). The average Bonchev–Trinajstić information content (AvgIpc) is 2.87. The van der Waals surface area contributed by atoms with Crippen LogP contribution in [-0.4, -0.2) is 57.9 Å². The Bertz CT molecular complexity index is 497. The maximum Gasteiger partial charge on any atom is 0.308 e. The number of nitrogens with zero attached hydrogens (tertiary/aromatic N) is 1. The maximum atomic E-state index is 12.4. The highest BCUT2D eigenvalue weighted by Crippen LogP contribution is 2.43. The van der Waals surface area contributed by atoms with E-state index in [-0.39, 0.29) is 29.0 Å². The molecule has 0 aromatic carbocycles. The van der Waals surface area contributed by atoms with E-state index in [0.717, 1.165) is 19.4 Å². The molecule has 3 aliphatic rings. The van der Waals surface area contributed by atoms with Crippen molar-refractivity contribution in [1.29, 1.82) is 0 Å². The van der Waals surface area contributed by atoms with E-state index in [0.29, 0.717) is 26.1 Å². The molecule has 7 heteroatoms. The van der Waals surface area contributed by atoms with Gasteiger partial charge in [-0.3, -0.25) is 4.79 Å². The van der Waals surface area contributed by atoms with E-state index in [1.807, 2.05) is 0 Å². The lowest BCUT2D eigenvalue weighted by Crippen LogP contribution is -2.34. The van der Waals surface area contributed by atoms with Crippen LogP contribution in [0.25, 0.3) is 0 Å². The molecule has 1 unspecified atom stereocenters. The van der Waals surface area contributed by atoms with Crippen LogP contribution in [0.4, 0.5) is 0 Å². The maximum absolute atomic E-state index is 12.4. The van der Waals surface area contributed by atoms with Gasteiger partial charge in [-0.2, -0.15) is 0 Å². The molecule has 1 spiro atoms. The molecule has 0 aromatic heterocycles. The predicted octanol–water partition coefficient (Wildman–Crippen LogP) is 0.238. The lowest BCUT2D eigenvalue weighted by molar-refractivity contribution is -0.142. The molecule has 2 heterocycles. The summed E-state index contributed by atoms with van der Waals surface area (Å²) in [5, 5.41) is 0. The molecule has 0 radical (unpaired) electrons. The van der Waals surface area contributed by atoms with Crippen molar-refractivity contribution in [2.24, 2.45) is 17.3 Å². The number of esters is 1. The van der Waals surface area contributed by atoms with Crippen LogP contribution in [0.15, 0.2) is 0 Å². The molecule has 114 valence electrons. The third-order valence-electron chi connectivity index (χ3n) is 4.83. The molecule has 3 atom stereocenters. The van der Waals surface area contributed by atoms with E-state index in [1.165, 1.54) is 7.11 Å². The van der Waals surface area contributed by atoms with Crippen molar-refractivity contribution in [2.45, 2.75) is 19.3 Å². The summed E-state index contributed by atoms with van der Waals surface area (Å²) in [6, 6.07) is 0. The Morgan fingerprint density at radius 2 is 2.25 bits per heavy atom. The summed E-state index contributed by atoms with van der Waals surface area (Å²) in [5.41, 5.74) is 0.0401. The van der Waals surface area contributed by atoms with Crippen LogP contribution in [0.1, 0.15) is 19.3 Å². The molecule has 2 saturated heterocycles. The van der Waals surface area contributed by atoms with Gasteiger partial charge in [0.1, 0.15) is 0 Å². The monoisotopic (exact) mass is 303 g/mol. The SMILES string of the molecule is COC(=O)[C@@H]1C[C@@H]1CS(=O)(=O)N1CCC2(CCOC2)C1. The number of carbonyl (C=O) groups is 1. The van der Waals surface area contributed by atoms with Crippen LogP contribution >= 0.6 is 0 Å². The minimum atomic E-state index is -3.26. The lowest BCUT2D eigenvalue weighted by atomic mass is 9.87. The summed E-state index contributed by atoms with van der Waals surface area (Å²) in [6.45, 7) is 2.57. The van der Waals surface area contributed by atoms with E-state index >= 15 is 0 Å². The van der Waals surface area contributed by atoms with Crippen molar-refractivity contribution in [1.82, 2.24) is 4.31 Å².